The van der Waals surface area contributed by atoms with Gasteiger partial charge in [0.1, 0.15) is 0 Å². The van der Waals surface area contributed by atoms with E-state index in [1.165, 1.54) is 0 Å². The third kappa shape index (κ3) is 659. The number of halogens is 12. The molecule has 0 aliphatic carbocycles. The molecule has 0 bridgehead atoms. The highest BCUT2D eigenvalue weighted by Crippen LogP contribution is 2.07. The molecule has 0 unspecified atom stereocenters. The second-order valence-corrected chi connectivity index (χ2v) is 10.1. The zero-order chi connectivity index (χ0) is 19.4. The van der Waals surface area contributed by atoms with Gasteiger partial charge in [-0.1, -0.05) is 27.1 Å². The van der Waals surface area contributed by atoms with Crippen LogP contribution in [0.1, 0.15) is 7.43 Å². The minimum atomic E-state index is -6.00. The van der Waals surface area contributed by atoms with E-state index in [4.69, 9.17) is 5.11 Å². The molecule has 0 rings (SSSR count). The highest BCUT2D eigenvalue weighted by atomic mass is 28.3. The maximum absolute atomic E-state index is 9.75. The molecule has 0 aromatic carbocycles. The Morgan fingerprint density at radius 2 is 0.739 bits per heavy atom. The van der Waals surface area contributed by atoms with Crippen LogP contribution in [0.4, 0.5) is 51.8 Å². The minimum absolute atomic E-state index is 0. The van der Waals surface area contributed by atoms with Gasteiger partial charge >= 0.3 is 21.8 Å². The van der Waals surface area contributed by atoms with Crippen LogP contribution in [0, 0.1) is 0 Å². The molecule has 0 aliphatic rings. The van der Waals surface area contributed by atoms with E-state index in [0.29, 0.717) is 6.61 Å². The molecule has 0 spiro atoms. The molecule has 17 heteroatoms. The van der Waals surface area contributed by atoms with E-state index < -0.39 is 29.8 Å². The van der Waals surface area contributed by atoms with Gasteiger partial charge in [-0.05, 0) is 6.04 Å². The number of aliphatic hydroxyl groups is 1. The fourth-order valence-electron chi connectivity index (χ4n) is 0.335. The number of hydrogen-bond acceptors (Lipinski definition) is 1. The van der Waals surface area contributed by atoms with Crippen LogP contribution in [0.5, 0.6) is 0 Å². The summed E-state index contributed by atoms with van der Waals surface area (Å²) in [5, 5.41) is 8.44. The Hall–Kier alpha value is -0.468. The lowest BCUT2D eigenvalue weighted by Crippen LogP contribution is -2.20. The van der Waals surface area contributed by atoms with E-state index >= 15 is 0 Å². The summed E-state index contributed by atoms with van der Waals surface area (Å²) in [4.78, 5) is 0. The standard InChI is InChI=1S/C5H14OSi.CH4.3BF4/c1-7(2,3)5-4-6;;3*2-1(3,4)5/h6H,4-5H2,1-3H3;1H4;;;/q;;3*-1. The van der Waals surface area contributed by atoms with Crippen LogP contribution < -0.4 is 0 Å². The Labute approximate surface area is 127 Å². The molecule has 0 saturated carbocycles. The summed E-state index contributed by atoms with van der Waals surface area (Å²) >= 11 is 0. The van der Waals surface area contributed by atoms with Crippen molar-refractivity contribution in [3.63, 3.8) is 0 Å². The Morgan fingerprint density at radius 1 is 0.609 bits per heavy atom. The minimum Gasteiger partial charge on any atom is -0.418 e. The van der Waals surface area contributed by atoms with E-state index in [2.05, 4.69) is 19.6 Å². The molecule has 0 radical (unpaired) electrons. The number of aliphatic hydroxyl groups excluding tert-OH is 1. The third-order valence-corrected chi connectivity index (χ3v) is 2.59. The van der Waals surface area contributed by atoms with Crippen LogP contribution in [0.3, 0.4) is 0 Å². The van der Waals surface area contributed by atoms with Gasteiger partial charge in [0.25, 0.3) is 0 Å². The third-order valence-electron chi connectivity index (χ3n) is 0.862. The molecular weight excluding hydrogens is 377 g/mol. The topological polar surface area (TPSA) is 20.2 Å². The molecule has 0 aromatic rings. The highest BCUT2D eigenvalue weighted by Gasteiger charge is 2.21. The largest absolute Gasteiger partial charge is 0.673 e. The molecule has 1 N–H and O–H groups in total. The van der Waals surface area contributed by atoms with Gasteiger partial charge in [-0.15, -0.1) is 0 Å². The van der Waals surface area contributed by atoms with E-state index in [9.17, 15) is 51.8 Å². The normalized spacial score (nSPS) is 11.5. The van der Waals surface area contributed by atoms with Crippen LogP contribution in [0.2, 0.25) is 25.7 Å². The average Bonchev–Trinajstić information content (AvgIpc) is 1.88. The van der Waals surface area contributed by atoms with Crippen LogP contribution in [-0.4, -0.2) is 41.6 Å². The summed E-state index contributed by atoms with van der Waals surface area (Å²) in [6.07, 6.45) is 0. The molecule has 0 aliphatic heterocycles. The van der Waals surface area contributed by atoms with Gasteiger partial charge in [-0.25, -0.2) is 0 Å². The SMILES string of the molecule is C.C[Si](C)(C)CCO.F[B-](F)(F)F.F[B-](F)(F)F.F[B-](F)(F)F. The smallest absolute Gasteiger partial charge is 0.418 e. The van der Waals surface area contributed by atoms with Gasteiger partial charge in [0.05, 0.1) is 0 Å². The van der Waals surface area contributed by atoms with E-state index in [1.54, 1.807) is 0 Å². The molecule has 0 heterocycles. The van der Waals surface area contributed by atoms with Gasteiger partial charge in [-0.2, -0.15) is 0 Å². The first-order chi connectivity index (χ1) is 9.06. The molecule has 0 saturated heterocycles. The molecule has 23 heavy (non-hydrogen) atoms. The Balaban J connectivity index is -0.0000000625. The second kappa shape index (κ2) is 13.9. The molecule has 1 nitrogen and oxygen atoms in total. The molecule has 0 fully saturated rings. The van der Waals surface area contributed by atoms with Crippen molar-refractivity contribution in [1.82, 2.24) is 0 Å². The van der Waals surface area contributed by atoms with E-state index in [1.807, 2.05) is 0 Å². The predicted molar refractivity (Wildman–Crippen MR) is 72.5 cm³/mol. The summed E-state index contributed by atoms with van der Waals surface area (Å²) in [5.74, 6) is 0. The first kappa shape index (κ1) is 34.0. The summed E-state index contributed by atoms with van der Waals surface area (Å²) in [7, 11) is -18.9. The van der Waals surface area contributed by atoms with Crippen LogP contribution in [0.25, 0.3) is 0 Å². The Kier molecular flexibility index (Phi) is 20.6. The predicted octanol–water partition coefficient (Wildman–Crippen LogP) is 5.85. The molecule has 0 aromatic heterocycles. The van der Waals surface area contributed by atoms with Gasteiger partial charge in [0.15, 0.2) is 0 Å². The van der Waals surface area contributed by atoms with Crippen molar-refractivity contribution < 1.29 is 56.9 Å². The zero-order valence-electron chi connectivity index (χ0n) is 11.6. The summed E-state index contributed by atoms with van der Waals surface area (Å²) in [6, 6.07) is 1.03. The van der Waals surface area contributed by atoms with Crippen molar-refractivity contribution in [2.75, 3.05) is 6.61 Å². The lowest BCUT2D eigenvalue weighted by molar-refractivity contribution is 0.316. The van der Waals surface area contributed by atoms with Crippen LogP contribution in [-0.2, 0) is 0 Å². The van der Waals surface area contributed by atoms with E-state index in [0.717, 1.165) is 6.04 Å². The number of rotatable bonds is 2. The van der Waals surface area contributed by atoms with Crippen molar-refractivity contribution in [2.24, 2.45) is 0 Å². The lowest BCUT2D eigenvalue weighted by Gasteiger charge is -2.11. The number of hydrogen-bond donors (Lipinski definition) is 1. The van der Waals surface area contributed by atoms with Crippen molar-refractivity contribution in [3.8, 4) is 0 Å². The van der Waals surface area contributed by atoms with Gasteiger partial charge in [-0.3, -0.25) is 0 Å². The summed E-state index contributed by atoms with van der Waals surface area (Å²) in [6.45, 7) is 7.13. The maximum Gasteiger partial charge on any atom is 0.673 e. The van der Waals surface area contributed by atoms with Crippen molar-refractivity contribution in [1.29, 1.82) is 0 Å². The van der Waals surface area contributed by atoms with Crippen LogP contribution >= 0.6 is 0 Å². The fourth-order valence-corrected chi connectivity index (χ4v) is 1.01. The Bertz CT molecular complexity index is 201. The van der Waals surface area contributed by atoms with Gasteiger partial charge in [0.2, 0.25) is 0 Å². The van der Waals surface area contributed by atoms with Crippen molar-refractivity contribution in [3.05, 3.63) is 0 Å². The van der Waals surface area contributed by atoms with Crippen LogP contribution in [0.15, 0.2) is 0 Å². The van der Waals surface area contributed by atoms with Crippen molar-refractivity contribution in [2.45, 2.75) is 33.1 Å². The second-order valence-electron chi connectivity index (χ2n) is 4.52. The summed E-state index contributed by atoms with van der Waals surface area (Å²) < 4.78 is 117. The average molecular weight is 395 g/mol. The molecule has 148 valence electrons. The maximum atomic E-state index is 9.75. The fraction of sp³-hybridized carbons (Fsp3) is 1.00. The zero-order valence-corrected chi connectivity index (χ0v) is 12.6. The van der Waals surface area contributed by atoms with E-state index in [-0.39, 0.29) is 7.43 Å². The van der Waals surface area contributed by atoms with Crippen molar-refractivity contribution >= 4 is 29.8 Å². The molecular formula is C6H18B3F12OSi-3. The first-order valence-corrected chi connectivity index (χ1v) is 9.00. The Morgan fingerprint density at radius 3 is 0.739 bits per heavy atom. The quantitative estimate of drug-likeness (QED) is 0.460. The molecule has 0 amide bonds. The monoisotopic (exact) mass is 395 g/mol. The first-order valence-electron chi connectivity index (χ1n) is 5.29. The lowest BCUT2D eigenvalue weighted by atomic mass is 10.3. The van der Waals surface area contributed by atoms with Gasteiger partial charge in [0, 0.05) is 14.7 Å². The van der Waals surface area contributed by atoms with Gasteiger partial charge < -0.3 is 56.9 Å². The molecule has 0 atom stereocenters. The summed E-state index contributed by atoms with van der Waals surface area (Å²) in [5.41, 5.74) is 0. The highest BCUT2D eigenvalue weighted by molar-refractivity contribution is 6.76.